The number of aromatic amines is 1. The predicted molar refractivity (Wildman–Crippen MR) is 128 cm³/mol. The largest absolute Gasteiger partial charge is 0.335 e. The standard InChI is InChI=1S/C25H22FN5O4/c26-19-8-7-16(15-31-21-6-2-1-4-17(21)22(32)28-25(31)35)14-18(19)23(33)29-10-12-30(13-11-29)24(34)20-5-3-9-27-20/h1-8,14H,9-13,15H2,(H,28,32,35). The van der Waals surface area contributed by atoms with Gasteiger partial charge in [-0.05, 0) is 35.9 Å². The fourth-order valence-electron chi connectivity index (χ4n) is 4.37. The highest BCUT2D eigenvalue weighted by molar-refractivity contribution is 6.43. The highest BCUT2D eigenvalue weighted by Gasteiger charge is 2.28. The summed E-state index contributed by atoms with van der Waals surface area (Å²) in [5.41, 5.74) is 0.217. The first kappa shape index (κ1) is 22.5. The van der Waals surface area contributed by atoms with Crippen LogP contribution >= 0.6 is 0 Å². The van der Waals surface area contributed by atoms with Gasteiger partial charge in [-0.15, -0.1) is 0 Å². The van der Waals surface area contributed by atoms with Crippen LogP contribution in [0.2, 0.25) is 0 Å². The zero-order chi connectivity index (χ0) is 24.5. The summed E-state index contributed by atoms with van der Waals surface area (Å²) in [7, 11) is 0. The van der Waals surface area contributed by atoms with Gasteiger partial charge in [-0.1, -0.05) is 24.3 Å². The van der Waals surface area contributed by atoms with Crippen LogP contribution in [-0.2, 0) is 11.3 Å². The van der Waals surface area contributed by atoms with Crippen LogP contribution in [0.1, 0.15) is 15.9 Å². The summed E-state index contributed by atoms with van der Waals surface area (Å²) < 4.78 is 16.0. The molecule has 3 aromatic rings. The van der Waals surface area contributed by atoms with E-state index in [4.69, 9.17) is 0 Å². The number of aromatic nitrogens is 2. The second-order valence-corrected chi connectivity index (χ2v) is 8.39. The maximum atomic E-state index is 14.7. The van der Waals surface area contributed by atoms with Crippen LogP contribution in [0.5, 0.6) is 0 Å². The lowest BCUT2D eigenvalue weighted by atomic mass is 10.1. The van der Waals surface area contributed by atoms with Gasteiger partial charge in [-0.25, -0.2) is 9.18 Å². The van der Waals surface area contributed by atoms with Crippen molar-refractivity contribution < 1.29 is 14.0 Å². The molecule has 0 atom stereocenters. The number of H-pyrrole nitrogens is 1. The molecule has 1 saturated heterocycles. The smallest absolute Gasteiger partial charge is 0.329 e. The summed E-state index contributed by atoms with van der Waals surface area (Å²) in [6, 6.07) is 10.8. The maximum absolute atomic E-state index is 14.7. The number of rotatable bonds is 4. The number of nitrogens with zero attached hydrogens (tertiary/aromatic N) is 4. The predicted octanol–water partition coefficient (Wildman–Crippen LogP) is 1.17. The van der Waals surface area contributed by atoms with Gasteiger partial charge in [-0.2, -0.15) is 0 Å². The number of hydrogen-bond acceptors (Lipinski definition) is 5. The molecule has 10 heteroatoms. The molecule has 178 valence electrons. The maximum Gasteiger partial charge on any atom is 0.329 e. The van der Waals surface area contributed by atoms with Crippen molar-refractivity contribution in [3.8, 4) is 0 Å². The Morgan fingerprint density at radius 3 is 2.40 bits per heavy atom. The summed E-state index contributed by atoms with van der Waals surface area (Å²) in [5, 5.41) is 0.358. The molecule has 0 saturated carbocycles. The van der Waals surface area contributed by atoms with Gasteiger partial charge in [0, 0.05) is 26.2 Å². The van der Waals surface area contributed by atoms with E-state index in [0.29, 0.717) is 41.8 Å². The lowest BCUT2D eigenvalue weighted by Crippen LogP contribution is -2.52. The van der Waals surface area contributed by atoms with Crippen molar-refractivity contribution in [1.29, 1.82) is 0 Å². The molecule has 3 heterocycles. The highest BCUT2D eigenvalue weighted by Crippen LogP contribution is 2.17. The molecule has 5 rings (SSSR count). The van der Waals surface area contributed by atoms with Crippen molar-refractivity contribution in [2.75, 3.05) is 32.7 Å². The van der Waals surface area contributed by atoms with Crippen molar-refractivity contribution >= 4 is 28.4 Å². The van der Waals surface area contributed by atoms with Crippen LogP contribution in [0.25, 0.3) is 10.9 Å². The van der Waals surface area contributed by atoms with Gasteiger partial charge < -0.3 is 9.80 Å². The monoisotopic (exact) mass is 475 g/mol. The number of carbonyl (C=O) groups is 2. The van der Waals surface area contributed by atoms with E-state index in [-0.39, 0.29) is 31.1 Å². The van der Waals surface area contributed by atoms with Crippen LogP contribution in [0, 0.1) is 5.82 Å². The van der Waals surface area contributed by atoms with Crippen LogP contribution < -0.4 is 11.2 Å². The van der Waals surface area contributed by atoms with Crippen LogP contribution in [0.15, 0.2) is 69.2 Å². The molecule has 9 nitrogen and oxygen atoms in total. The SMILES string of the molecule is O=C(C1=NCC=C1)N1CCN(C(=O)c2cc(Cn3c(=O)[nH]c(=O)c4ccccc43)ccc2F)CC1. The van der Waals surface area contributed by atoms with E-state index in [9.17, 15) is 23.6 Å². The zero-order valence-electron chi connectivity index (χ0n) is 18.7. The van der Waals surface area contributed by atoms with Gasteiger partial charge in [0.2, 0.25) is 0 Å². The highest BCUT2D eigenvalue weighted by atomic mass is 19.1. The fourth-order valence-corrected chi connectivity index (χ4v) is 4.37. The molecule has 0 spiro atoms. The van der Waals surface area contributed by atoms with Crippen LogP contribution in [-0.4, -0.2) is 69.6 Å². The lowest BCUT2D eigenvalue weighted by Gasteiger charge is -2.34. The van der Waals surface area contributed by atoms with Gasteiger partial charge in [0.25, 0.3) is 17.4 Å². The average molecular weight is 475 g/mol. The number of aliphatic imine (C=N–C) groups is 1. The first-order valence-electron chi connectivity index (χ1n) is 11.2. The van der Waals surface area contributed by atoms with E-state index >= 15 is 0 Å². The minimum Gasteiger partial charge on any atom is -0.335 e. The Morgan fingerprint density at radius 1 is 0.971 bits per heavy atom. The Labute approximate surface area is 198 Å². The average Bonchev–Trinajstić information content (AvgIpc) is 3.42. The van der Waals surface area contributed by atoms with Gasteiger partial charge in [0.05, 0.1) is 29.6 Å². The van der Waals surface area contributed by atoms with Gasteiger partial charge >= 0.3 is 5.69 Å². The molecule has 0 aliphatic carbocycles. The van der Waals surface area contributed by atoms with E-state index in [0.717, 1.165) is 0 Å². The van der Waals surface area contributed by atoms with E-state index < -0.39 is 23.0 Å². The third-order valence-electron chi connectivity index (χ3n) is 6.22. The molecule has 0 unspecified atom stereocenters. The third kappa shape index (κ3) is 4.30. The quantitative estimate of drug-likeness (QED) is 0.611. The number of piperazine rings is 1. The molecule has 0 radical (unpaired) electrons. The number of amides is 2. The second kappa shape index (κ2) is 9.13. The Hall–Kier alpha value is -4.34. The molecule has 2 aliphatic rings. The number of halogens is 1. The lowest BCUT2D eigenvalue weighted by molar-refractivity contribution is -0.125. The molecule has 1 aromatic heterocycles. The van der Waals surface area contributed by atoms with E-state index in [1.54, 1.807) is 35.2 Å². The second-order valence-electron chi connectivity index (χ2n) is 8.39. The number of fused-ring (bicyclic) bond motifs is 1. The molecule has 2 amide bonds. The number of hydrogen-bond donors (Lipinski definition) is 1. The molecule has 0 bridgehead atoms. The first-order valence-corrected chi connectivity index (χ1v) is 11.2. The molecule has 35 heavy (non-hydrogen) atoms. The summed E-state index contributed by atoms with van der Waals surface area (Å²) in [4.78, 5) is 59.8. The Balaban J connectivity index is 1.35. The first-order chi connectivity index (χ1) is 16.9. The molecular formula is C25H22FN5O4. The normalized spacial score (nSPS) is 15.5. The number of nitrogens with one attached hydrogen (secondary N) is 1. The summed E-state index contributed by atoms with van der Waals surface area (Å²) >= 11 is 0. The zero-order valence-corrected chi connectivity index (χ0v) is 18.7. The number of carbonyl (C=O) groups excluding carboxylic acids is 2. The van der Waals surface area contributed by atoms with Crippen LogP contribution in [0.4, 0.5) is 4.39 Å². The van der Waals surface area contributed by atoms with Gasteiger partial charge in [0.1, 0.15) is 11.5 Å². The van der Waals surface area contributed by atoms with Crippen molar-refractivity contribution in [1.82, 2.24) is 19.4 Å². The molecule has 2 aliphatic heterocycles. The van der Waals surface area contributed by atoms with Crippen LogP contribution in [0.3, 0.4) is 0 Å². The van der Waals surface area contributed by atoms with Gasteiger partial charge in [-0.3, -0.25) is 28.9 Å². The Kier molecular flexibility index (Phi) is 5.86. The van der Waals surface area contributed by atoms with Crippen molar-refractivity contribution in [2.24, 2.45) is 4.99 Å². The summed E-state index contributed by atoms with van der Waals surface area (Å²) in [6.45, 7) is 1.75. The van der Waals surface area contributed by atoms with E-state index in [2.05, 4.69) is 9.98 Å². The summed E-state index contributed by atoms with van der Waals surface area (Å²) in [6.07, 6.45) is 3.50. The fraction of sp³-hybridized carbons (Fsp3) is 0.240. The minimum absolute atomic E-state index is 0.0502. The molecule has 1 fully saturated rings. The van der Waals surface area contributed by atoms with Crippen molar-refractivity contribution in [3.63, 3.8) is 0 Å². The van der Waals surface area contributed by atoms with E-state index in [1.807, 2.05) is 6.08 Å². The van der Waals surface area contributed by atoms with E-state index in [1.165, 1.54) is 27.7 Å². The summed E-state index contributed by atoms with van der Waals surface area (Å²) in [5.74, 6) is -1.31. The van der Waals surface area contributed by atoms with Gasteiger partial charge in [0.15, 0.2) is 0 Å². The Bertz CT molecular complexity index is 1510. The Morgan fingerprint density at radius 2 is 1.69 bits per heavy atom. The number of benzene rings is 2. The van der Waals surface area contributed by atoms with Crippen molar-refractivity contribution in [2.45, 2.75) is 6.54 Å². The topological polar surface area (TPSA) is 108 Å². The third-order valence-corrected chi connectivity index (χ3v) is 6.22. The van der Waals surface area contributed by atoms with Crippen molar-refractivity contribution in [3.05, 3.63) is 92.4 Å². The minimum atomic E-state index is -0.665. The molecule has 1 N–H and O–H groups in total. The molecule has 2 aromatic carbocycles. The molecular weight excluding hydrogens is 453 g/mol. The number of para-hydroxylation sites is 1.